The molecule has 0 unspecified atom stereocenters. The summed E-state index contributed by atoms with van der Waals surface area (Å²) < 4.78 is 5.03. The van der Waals surface area contributed by atoms with Crippen molar-refractivity contribution in [1.82, 2.24) is 0 Å². The fourth-order valence-corrected chi connectivity index (χ4v) is 1.00. The highest BCUT2D eigenvalue weighted by molar-refractivity contribution is 5.90. The van der Waals surface area contributed by atoms with Crippen LogP contribution in [0.5, 0.6) is 5.75 Å². The van der Waals surface area contributed by atoms with Crippen LogP contribution in [0.1, 0.15) is 6.92 Å². The highest BCUT2D eigenvalue weighted by Gasteiger charge is 2.03. The van der Waals surface area contributed by atoms with E-state index >= 15 is 0 Å². The predicted octanol–water partition coefficient (Wildman–Crippen LogP) is 1.66. The van der Waals surface area contributed by atoms with Gasteiger partial charge in [0, 0.05) is 18.7 Å². The molecule has 14 heavy (non-hydrogen) atoms. The Kier molecular flexibility index (Phi) is 4.80. The topological polar surface area (TPSA) is 64.3 Å². The molecule has 0 aliphatic carbocycles. The maximum atomic E-state index is 10.8. The van der Waals surface area contributed by atoms with Crippen LogP contribution in [-0.4, -0.2) is 13.0 Å². The summed E-state index contributed by atoms with van der Waals surface area (Å²) in [5, 5.41) is 2.63. The van der Waals surface area contributed by atoms with Crippen LogP contribution in [-0.2, 0) is 4.79 Å². The molecule has 1 amide bonds. The summed E-state index contributed by atoms with van der Waals surface area (Å²) >= 11 is 0. The molecule has 5 heteroatoms. The summed E-state index contributed by atoms with van der Waals surface area (Å²) in [6.07, 6.45) is 0. The molecule has 78 valence electrons. The van der Waals surface area contributed by atoms with E-state index in [1.807, 2.05) is 0 Å². The van der Waals surface area contributed by atoms with Gasteiger partial charge in [0.1, 0.15) is 5.75 Å². The lowest BCUT2D eigenvalue weighted by Gasteiger charge is -2.08. The summed E-state index contributed by atoms with van der Waals surface area (Å²) in [5.74, 6) is 0.429. The van der Waals surface area contributed by atoms with Gasteiger partial charge >= 0.3 is 0 Å². The molecular formula is C9H13ClN2O2. The molecule has 1 aromatic carbocycles. The minimum absolute atomic E-state index is 0. The summed E-state index contributed by atoms with van der Waals surface area (Å²) in [6, 6.07) is 5.06. The van der Waals surface area contributed by atoms with Crippen LogP contribution in [0.4, 0.5) is 11.4 Å². The van der Waals surface area contributed by atoms with Crippen LogP contribution >= 0.6 is 12.4 Å². The van der Waals surface area contributed by atoms with E-state index < -0.39 is 0 Å². The number of hydrogen-bond acceptors (Lipinski definition) is 3. The third-order valence-corrected chi connectivity index (χ3v) is 1.54. The van der Waals surface area contributed by atoms with E-state index in [0.29, 0.717) is 17.1 Å². The van der Waals surface area contributed by atoms with Gasteiger partial charge in [-0.15, -0.1) is 12.4 Å². The highest BCUT2D eigenvalue weighted by Crippen LogP contribution is 2.26. The Bertz CT molecular complexity index is 329. The number of carbonyl (C=O) groups excluding carboxylic acids is 1. The zero-order valence-corrected chi connectivity index (χ0v) is 8.85. The van der Waals surface area contributed by atoms with Crippen LogP contribution in [0.3, 0.4) is 0 Å². The van der Waals surface area contributed by atoms with Crippen molar-refractivity contribution in [2.75, 3.05) is 18.2 Å². The largest absolute Gasteiger partial charge is 0.494 e. The Balaban J connectivity index is 0.00000169. The van der Waals surface area contributed by atoms with Crippen LogP contribution in [0.2, 0.25) is 0 Å². The molecule has 3 N–H and O–H groups in total. The van der Waals surface area contributed by atoms with E-state index in [0.717, 1.165) is 0 Å². The molecule has 0 bridgehead atoms. The molecule has 0 heterocycles. The maximum absolute atomic E-state index is 10.8. The van der Waals surface area contributed by atoms with Crippen molar-refractivity contribution < 1.29 is 9.53 Å². The zero-order valence-electron chi connectivity index (χ0n) is 8.03. The first kappa shape index (κ1) is 12.6. The minimum atomic E-state index is -0.136. The Morgan fingerprint density at radius 1 is 1.50 bits per heavy atom. The number of anilines is 2. The number of nitrogen functional groups attached to an aromatic ring is 1. The van der Waals surface area contributed by atoms with Gasteiger partial charge in [-0.3, -0.25) is 4.79 Å². The van der Waals surface area contributed by atoms with E-state index in [-0.39, 0.29) is 18.3 Å². The smallest absolute Gasteiger partial charge is 0.221 e. The average molecular weight is 217 g/mol. The van der Waals surface area contributed by atoms with Crippen molar-refractivity contribution in [3.05, 3.63) is 18.2 Å². The average Bonchev–Trinajstić information content (AvgIpc) is 2.07. The van der Waals surface area contributed by atoms with E-state index in [4.69, 9.17) is 10.5 Å². The molecule has 0 radical (unpaired) electrons. The second kappa shape index (κ2) is 5.34. The van der Waals surface area contributed by atoms with Crippen LogP contribution in [0.15, 0.2) is 18.2 Å². The number of hydrogen-bond donors (Lipinski definition) is 2. The van der Waals surface area contributed by atoms with Crippen molar-refractivity contribution in [2.24, 2.45) is 0 Å². The van der Waals surface area contributed by atoms with Crippen molar-refractivity contribution >= 4 is 29.7 Å². The lowest BCUT2D eigenvalue weighted by Crippen LogP contribution is -2.07. The standard InChI is InChI=1S/C9H12N2O2.ClH/c1-6(12)11-8-4-3-7(10)5-9(8)13-2;/h3-5H,10H2,1-2H3,(H,11,12);1H. The molecule has 0 saturated carbocycles. The third-order valence-electron chi connectivity index (χ3n) is 1.54. The van der Waals surface area contributed by atoms with Gasteiger partial charge in [0.25, 0.3) is 0 Å². The normalized spacial score (nSPS) is 8.71. The number of amides is 1. The number of nitrogens with one attached hydrogen (secondary N) is 1. The molecule has 0 saturated heterocycles. The first-order valence-corrected chi connectivity index (χ1v) is 3.84. The molecule has 0 atom stereocenters. The number of rotatable bonds is 2. The Hall–Kier alpha value is -1.42. The Morgan fingerprint density at radius 2 is 2.14 bits per heavy atom. The molecule has 0 fully saturated rings. The maximum Gasteiger partial charge on any atom is 0.221 e. The lowest BCUT2D eigenvalue weighted by atomic mass is 10.2. The second-order valence-electron chi connectivity index (χ2n) is 2.64. The minimum Gasteiger partial charge on any atom is -0.494 e. The summed E-state index contributed by atoms with van der Waals surface area (Å²) in [7, 11) is 1.53. The predicted molar refractivity (Wildman–Crippen MR) is 59.0 cm³/mol. The first-order valence-electron chi connectivity index (χ1n) is 3.84. The Morgan fingerprint density at radius 3 is 2.64 bits per heavy atom. The number of ether oxygens (including phenoxy) is 1. The number of carbonyl (C=O) groups is 1. The van der Waals surface area contributed by atoms with Gasteiger partial charge in [0.15, 0.2) is 0 Å². The van der Waals surface area contributed by atoms with Crippen molar-refractivity contribution in [2.45, 2.75) is 6.92 Å². The monoisotopic (exact) mass is 216 g/mol. The number of benzene rings is 1. The van der Waals surface area contributed by atoms with Crippen molar-refractivity contribution in [3.8, 4) is 5.75 Å². The van der Waals surface area contributed by atoms with Gasteiger partial charge in [0.2, 0.25) is 5.91 Å². The van der Waals surface area contributed by atoms with Gasteiger partial charge < -0.3 is 15.8 Å². The van der Waals surface area contributed by atoms with Gasteiger partial charge in [0.05, 0.1) is 12.8 Å². The number of methoxy groups -OCH3 is 1. The van der Waals surface area contributed by atoms with Crippen LogP contribution < -0.4 is 15.8 Å². The molecule has 0 spiro atoms. The van der Waals surface area contributed by atoms with Gasteiger partial charge in [-0.05, 0) is 12.1 Å². The number of nitrogens with two attached hydrogens (primary N) is 1. The van der Waals surface area contributed by atoms with E-state index in [2.05, 4.69) is 5.32 Å². The molecule has 1 rings (SSSR count). The molecule has 0 aliphatic rings. The van der Waals surface area contributed by atoms with E-state index in [1.54, 1.807) is 18.2 Å². The molecule has 1 aromatic rings. The van der Waals surface area contributed by atoms with Gasteiger partial charge in [-0.25, -0.2) is 0 Å². The Labute approximate surface area is 88.8 Å². The number of halogens is 1. The van der Waals surface area contributed by atoms with Crippen molar-refractivity contribution in [1.29, 1.82) is 0 Å². The summed E-state index contributed by atoms with van der Waals surface area (Å²) in [4.78, 5) is 10.8. The fraction of sp³-hybridized carbons (Fsp3) is 0.222. The lowest BCUT2D eigenvalue weighted by molar-refractivity contribution is -0.114. The van der Waals surface area contributed by atoms with E-state index in [9.17, 15) is 4.79 Å². The summed E-state index contributed by atoms with van der Waals surface area (Å²) in [5.41, 5.74) is 6.77. The second-order valence-corrected chi connectivity index (χ2v) is 2.64. The first-order chi connectivity index (χ1) is 6.13. The quantitative estimate of drug-likeness (QED) is 0.739. The van der Waals surface area contributed by atoms with Gasteiger partial charge in [-0.2, -0.15) is 0 Å². The fourth-order valence-electron chi connectivity index (χ4n) is 1.00. The van der Waals surface area contributed by atoms with Crippen molar-refractivity contribution in [3.63, 3.8) is 0 Å². The van der Waals surface area contributed by atoms with Crippen LogP contribution in [0.25, 0.3) is 0 Å². The molecule has 4 nitrogen and oxygen atoms in total. The van der Waals surface area contributed by atoms with E-state index in [1.165, 1.54) is 14.0 Å². The summed E-state index contributed by atoms with van der Waals surface area (Å²) in [6.45, 7) is 1.44. The SMILES string of the molecule is COc1cc(N)ccc1NC(C)=O.Cl. The molecule has 0 aromatic heterocycles. The zero-order chi connectivity index (χ0) is 9.84. The van der Waals surface area contributed by atoms with Crippen LogP contribution in [0, 0.1) is 0 Å². The highest BCUT2D eigenvalue weighted by atomic mass is 35.5. The van der Waals surface area contributed by atoms with Gasteiger partial charge in [-0.1, -0.05) is 0 Å². The molecule has 0 aliphatic heterocycles. The third kappa shape index (κ3) is 3.14. The molecular weight excluding hydrogens is 204 g/mol.